The fourth-order valence-corrected chi connectivity index (χ4v) is 3.02. The van der Waals surface area contributed by atoms with Crippen molar-refractivity contribution >= 4 is 28.8 Å². The predicted molar refractivity (Wildman–Crippen MR) is 95.3 cm³/mol. The Bertz CT molecular complexity index is 800. The van der Waals surface area contributed by atoms with Gasteiger partial charge in [-0.2, -0.15) is 0 Å². The number of fused-ring (bicyclic) bond motifs is 1. The highest BCUT2D eigenvalue weighted by atomic mass is 16.2. The Morgan fingerprint density at radius 1 is 1.52 bits per heavy atom. The summed E-state index contributed by atoms with van der Waals surface area (Å²) in [5.74, 6) is 0.355. The summed E-state index contributed by atoms with van der Waals surface area (Å²) in [6.45, 7) is 7.29. The highest BCUT2D eigenvalue weighted by Gasteiger charge is 2.23. The molecule has 0 spiro atoms. The van der Waals surface area contributed by atoms with Crippen LogP contribution in [0.4, 0.5) is 5.82 Å². The van der Waals surface area contributed by atoms with E-state index in [2.05, 4.69) is 32.2 Å². The van der Waals surface area contributed by atoms with E-state index < -0.39 is 0 Å². The van der Waals surface area contributed by atoms with Crippen molar-refractivity contribution in [2.75, 3.05) is 25.0 Å². The average molecular weight is 342 g/mol. The fraction of sp³-hybridized carbons (Fsp3) is 0.412. The summed E-state index contributed by atoms with van der Waals surface area (Å²) in [5, 5.41) is 6.09. The van der Waals surface area contributed by atoms with E-state index in [0.29, 0.717) is 35.6 Å². The van der Waals surface area contributed by atoms with E-state index in [0.717, 1.165) is 19.4 Å². The summed E-state index contributed by atoms with van der Waals surface area (Å²) in [6.07, 6.45) is 6.45. The number of nitrogens with one attached hydrogen (secondary N) is 3. The van der Waals surface area contributed by atoms with Gasteiger partial charge in [-0.3, -0.25) is 9.59 Å². The van der Waals surface area contributed by atoms with E-state index in [-0.39, 0.29) is 17.9 Å². The number of nitrogens with zero attached hydrogens (tertiary/aromatic N) is 3. The van der Waals surface area contributed by atoms with Gasteiger partial charge in [-0.15, -0.1) is 0 Å². The highest BCUT2D eigenvalue weighted by molar-refractivity contribution is 6.04. The number of likely N-dealkylation sites (tertiary alicyclic amines) is 1. The molecule has 8 heteroatoms. The van der Waals surface area contributed by atoms with Gasteiger partial charge in [0.1, 0.15) is 11.3 Å². The monoisotopic (exact) mass is 342 g/mol. The van der Waals surface area contributed by atoms with Crippen molar-refractivity contribution in [1.82, 2.24) is 25.2 Å². The molecule has 8 nitrogen and oxygen atoms in total. The van der Waals surface area contributed by atoms with Gasteiger partial charge in [0.05, 0.1) is 11.8 Å². The van der Waals surface area contributed by atoms with Crippen LogP contribution in [0, 0.1) is 0 Å². The molecule has 1 aliphatic rings. The van der Waals surface area contributed by atoms with Gasteiger partial charge in [0.15, 0.2) is 5.65 Å². The van der Waals surface area contributed by atoms with Gasteiger partial charge in [0.2, 0.25) is 5.91 Å². The van der Waals surface area contributed by atoms with Crippen LogP contribution < -0.4 is 10.6 Å². The molecule has 132 valence electrons. The maximum atomic E-state index is 12.1. The van der Waals surface area contributed by atoms with E-state index in [1.165, 1.54) is 6.08 Å². The number of hydrogen-bond donors (Lipinski definition) is 3. The Balaban J connectivity index is 1.77. The fourth-order valence-electron chi connectivity index (χ4n) is 3.02. The van der Waals surface area contributed by atoms with E-state index >= 15 is 0 Å². The highest BCUT2D eigenvalue weighted by Crippen LogP contribution is 2.19. The summed E-state index contributed by atoms with van der Waals surface area (Å²) in [5.41, 5.74) is 1.57. The molecule has 1 fully saturated rings. The summed E-state index contributed by atoms with van der Waals surface area (Å²) in [7, 11) is 0. The van der Waals surface area contributed by atoms with Crippen LogP contribution in [0.25, 0.3) is 11.2 Å². The number of carbonyl (C=O) groups excluding carboxylic acids is 2. The summed E-state index contributed by atoms with van der Waals surface area (Å²) in [4.78, 5) is 37.5. The largest absolute Gasteiger partial charge is 0.364 e. The van der Waals surface area contributed by atoms with Gasteiger partial charge in [-0.05, 0) is 25.8 Å². The van der Waals surface area contributed by atoms with Crippen molar-refractivity contribution in [3.63, 3.8) is 0 Å². The molecule has 0 aromatic carbocycles. The number of piperidine rings is 1. The van der Waals surface area contributed by atoms with Gasteiger partial charge in [0.25, 0.3) is 5.91 Å². The molecule has 2 aromatic heterocycles. The van der Waals surface area contributed by atoms with Crippen LogP contribution in [0.15, 0.2) is 25.0 Å². The Kier molecular flexibility index (Phi) is 4.97. The van der Waals surface area contributed by atoms with E-state index in [4.69, 9.17) is 0 Å². The lowest BCUT2D eigenvalue weighted by Gasteiger charge is -2.32. The SMILES string of the molecule is C=CC(=O)N1CCC[C@@H](Nc2cnc3[nH]cc(C(=O)NCC)c3n2)C1. The number of carbonyl (C=O) groups is 2. The lowest BCUT2D eigenvalue weighted by Crippen LogP contribution is -2.44. The Morgan fingerprint density at radius 3 is 3.12 bits per heavy atom. The number of hydrogen-bond acceptors (Lipinski definition) is 5. The van der Waals surface area contributed by atoms with Gasteiger partial charge in [-0.1, -0.05) is 6.58 Å². The third-order valence-electron chi connectivity index (χ3n) is 4.22. The van der Waals surface area contributed by atoms with Crippen LogP contribution >= 0.6 is 0 Å². The zero-order valence-corrected chi connectivity index (χ0v) is 14.2. The standard InChI is InChI=1S/C17H22N6O2/c1-3-14(24)23-7-5-6-11(10-23)21-13-9-20-16-15(22-13)12(8-19-16)17(25)18-4-2/h3,8-9,11H,1,4-7,10H2,2H3,(H,18,25)(H,19,20)(H,21,22)/t11-/m1/s1. The molecule has 1 saturated heterocycles. The van der Waals surface area contributed by atoms with Gasteiger partial charge in [0, 0.05) is 31.9 Å². The molecular formula is C17H22N6O2. The number of H-pyrrole nitrogens is 1. The van der Waals surface area contributed by atoms with Crippen molar-refractivity contribution in [1.29, 1.82) is 0 Å². The first-order chi connectivity index (χ1) is 12.1. The minimum atomic E-state index is -0.180. The van der Waals surface area contributed by atoms with Crippen molar-refractivity contribution in [3.8, 4) is 0 Å². The van der Waals surface area contributed by atoms with Gasteiger partial charge < -0.3 is 20.5 Å². The van der Waals surface area contributed by atoms with Crippen molar-refractivity contribution in [2.24, 2.45) is 0 Å². The van der Waals surface area contributed by atoms with Crippen LogP contribution in [0.1, 0.15) is 30.1 Å². The average Bonchev–Trinajstić information content (AvgIpc) is 3.05. The van der Waals surface area contributed by atoms with E-state index in [9.17, 15) is 9.59 Å². The molecule has 2 aromatic rings. The Morgan fingerprint density at radius 2 is 2.36 bits per heavy atom. The Labute approximate surface area is 145 Å². The Hall–Kier alpha value is -2.90. The minimum absolute atomic E-state index is 0.0582. The number of rotatable bonds is 5. The normalized spacial score (nSPS) is 17.3. The van der Waals surface area contributed by atoms with E-state index in [1.54, 1.807) is 17.3 Å². The van der Waals surface area contributed by atoms with Crippen molar-refractivity contribution in [3.05, 3.63) is 30.6 Å². The van der Waals surface area contributed by atoms with Crippen LogP contribution in [0.5, 0.6) is 0 Å². The smallest absolute Gasteiger partial charge is 0.255 e. The molecule has 1 aliphatic heterocycles. The second kappa shape index (κ2) is 7.33. The first-order valence-corrected chi connectivity index (χ1v) is 8.42. The summed E-state index contributed by atoms with van der Waals surface area (Å²) in [6, 6.07) is 0.0938. The minimum Gasteiger partial charge on any atom is -0.364 e. The third kappa shape index (κ3) is 3.62. The topological polar surface area (TPSA) is 103 Å². The molecule has 25 heavy (non-hydrogen) atoms. The van der Waals surface area contributed by atoms with Crippen LogP contribution in [0.3, 0.4) is 0 Å². The van der Waals surface area contributed by atoms with Gasteiger partial charge in [-0.25, -0.2) is 9.97 Å². The van der Waals surface area contributed by atoms with Crippen LogP contribution in [0.2, 0.25) is 0 Å². The molecule has 0 radical (unpaired) electrons. The summed E-state index contributed by atoms with van der Waals surface area (Å²) < 4.78 is 0. The van der Waals surface area contributed by atoms with Crippen molar-refractivity contribution < 1.29 is 9.59 Å². The molecule has 1 atom stereocenters. The number of amides is 2. The molecule has 0 aliphatic carbocycles. The molecule has 0 saturated carbocycles. The molecule has 0 bridgehead atoms. The summed E-state index contributed by atoms with van der Waals surface area (Å²) >= 11 is 0. The zero-order valence-electron chi connectivity index (χ0n) is 14.2. The molecule has 3 N–H and O–H groups in total. The first kappa shape index (κ1) is 16.9. The van der Waals surface area contributed by atoms with Crippen molar-refractivity contribution in [2.45, 2.75) is 25.8 Å². The quantitative estimate of drug-likeness (QED) is 0.711. The second-order valence-corrected chi connectivity index (χ2v) is 5.99. The maximum absolute atomic E-state index is 12.1. The van der Waals surface area contributed by atoms with E-state index in [1.807, 2.05) is 6.92 Å². The first-order valence-electron chi connectivity index (χ1n) is 8.42. The van der Waals surface area contributed by atoms with Crippen LogP contribution in [-0.2, 0) is 4.79 Å². The molecule has 3 rings (SSSR count). The predicted octanol–water partition coefficient (Wildman–Crippen LogP) is 1.30. The third-order valence-corrected chi connectivity index (χ3v) is 4.22. The number of anilines is 1. The second-order valence-electron chi connectivity index (χ2n) is 5.99. The van der Waals surface area contributed by atoms with Crippen LogP contribution in [-0.4, -0.2) is 57.3 Å². The maximum Gasteiger partial charge on any atom is 0.255 e. The zero-order chi connectivity index (χ0) is 17.8. The van der Waals surface area contributed by atoms with Gasteiger partial charge >= 0.3 is 0 Å². The molecule has 2 amide bonds. The molecule has 0 unspecified atom stereocenters. The molecular weight excluding hydrogens is 320 g/mol. The number of aromatic nitrogens is 3. The lowest BCUT2D eigenvalue weighted by molar-refractivity contribution is -0.127. The lowest BCUT2D eigenvalue weighted by atomic mass is 10.1. The number of aromatic amines is 1. The molecule has 3 heterocycles.